The molecule has 0 unspecified atom stereocenters. The number of nitrogens with one attached hydrogen (secondary N) is 7. The van der Waals surface area contributed by atoms with Gasteiger partial charge in [0.15, 0.2) is 55.5 Å². The van der Waals surface area contributed by atoms with E-state index in [0.29, 0.717) is 19.3 Å². The molecule has 3 heterocycles. The van der Waals surface area contributed by atoms with E-state index in [1.165, 1.54) is 34.6 Å². The lowest BCUT2D eigenvalue weighted by molar-refractivity contribution is -0.280. The minimum absolute atomic E-state index is 0.00273. The number of unbranched alkanes of at least 4 members (excludes halogenated alkanes) is 2. The van der Waals surface area contributed by atoms with Crippen molar-refractivity contribution in [3.8, 4) is 0 Å². The molecule has 0 spiro atoms. The molecular formula is C80H131N7O41. The lowest BCUT2D eigenvalue weighted by Gasteiger charge is -2.45. The quantitative estimate of drug-likeness (QED) is 0.0170. The minimum Gasteiger partial charge on any atom is -0.480 e. The van der Waals surface area contributed by atoms with Crippen molar-refractivity contribution >= 4 is 95.1 Å². The number of carbonyl (C=O) groups excluding carboxylic acids is 15. The van der Waals surface area contributed by atoms with Gasteiger partial charge in [-0.05, 0) is 32.1 Å². The fourth-order valence-corrected chi connectivity index (χ4v) is 12.7. The number of amides is 6. The third kappa shape index (κ3) is 50.2. The Morgan fingerprint density at radius 2 is 0.609 bits per heavy atom. The lowest BCUT2D eigenvalue weighted by Crippen LogP contribution is -2.66. The van der Waals surface area contributed by atoms with Gasteiger partial charge in [0.05, 0.1) is 131 Å². The minimum atomic E-state index is -1.36. The van der Waals surface area contributed by atoms with E-state index in [1.807, 2.05) is 13.8 Å². The van der Waals surface area contributed by atoms with Gasteiger partial charge in [0.2, 0.25) is 35.4 Å². The number of hydrogen-bond donors (Lipinski definition) is 8. The van der Waals surface area contributed by atoms with Crippen LogP contribution in [-0.4, -0.2) is 382 Å². The summed E-state index contributed by atoms with van der Waals surface area (Å²) < 4.78 is 134. The second kappa shape index (κ2) is 65.4. The van der Waals surface area contributed by atoms with Crippen LogP contribution in [0.3, 0.4) is 0 Å². The van der Waals surface area contributed by atoms with Gasteiger partial charge in [0.25, 0.3) is 0 Å². The highest BCUT2D eigenvalue weighted by Gasteiger charge is 2.54. The predicted molar refractivity (Wildman–Crippen MR) is 431 cm³/mol. The number of ether oxygens (including phenoxy) is 24. The molecule has 0 radical (unpaired) electrons. The fraction of sp³-hybridized carbons (Fsp3) is 0.800. The van der Waals surface area contributed by atoms with Crippen LogP contribution in [0.5, 0.6) is 0 Å². The highest BCUT2D eigenvalue weighted by atomic mass is 16.7. The lowest BCUT2D eigenvalue weighted by atomic mass is 9.95. The smallest absolute Gasteiger partial charge is 0.326 e. The van der Waals surface area contributed by atoms with Gasteiger partial charge in [0.1, 0.15) is 76.1 Å². The van der Waals surface area contributed by atoms with Gasteiger partial charge in [-0.3, -0.25) is 71.9 Å². The molecule has 3 aliphatic heterocycles. The summed E-state index contributed by atoms with van der Waals surface area (Å²) in [5.74, 6) is -11.9. The maximum absolute atomic E-state index is 13.9. The third-order valence-electron chi connectivity index (χ3n) is 17.9. The average Bonchev–Trinajstić information content (AvgIpc) is 0.796. The number of carboxylic acid groups (broad SMARTS) is 1. The molecule has 0 aromatic heterocycles. The Morgan fingerprint density at radius 1 is 0.328 bits per heavy atom. The molecule has 3 rings (SSSR count). The number of esters is 9. The standard InChI is InChI=1S/C80H131N7O41/c1-47(2)84-67-73(123-56(11)96)70(120-53(8)93)61(41-117-50(5)90)126-78(67)114-37-34-108-25-22-105-28-31-111-44-64(99)81-20-16-14-18-59(40-83-66(101)46-113-33-30-107-24-27-110-36-39-116-80-69(86-49(4)89)75(125-58(13)98)72(122-55(10)95)63(128-80)43-119-52(7)92)76(102)87-60(77(103)104)19-15-17-21-82-65(100)45-112-32-29-106-23-26-109-35-38-115-79-68(85-48(3)88)74(124-57(12)97)71(121-54(9)94)62(127-79)42-118-51(6)91/h47,59-63,67-75,78-80,84H,14-46H2,1-13H3,(H,81,99)(H,82,100)(H,83,101)(H,85,88)(H,86,89)(H,87,102)(H,103,104)/t59-,60+,61-,62-,63-,67-,68-,69-,70+,71+,72+,73-,74-,75-,78-,79-,80-/m1/s1. The predicted octanol–water partition coefficient (Wildman–Crippen LogP) is -3.11. The van der Waals surface area contributed by atoms with Crippen LogP contribution in [0.2, 0.25) is 0 Å². The van der Waals surface area contributed by atoms with Gasteiger partial charge in [0, 0.05) is 102 Å². The first kappa shape index (κ1) is 113. The van der Waals surface area contributed by atoms with Crippen molar-refractivity contribution in [1.29, 1.82) is 0 Å². The van der Waals surface area contributed by atoms with Gasteiger partial charge >= 0.3 is 59.7 Å². The van der Waals surface area contributed by atoms with Crippen LogP contribution in [0.15, 0.2) is 0 Å². The highest BCUT2D eigenvalue weighted by molar-refractivity contribution is 5.86. The van der Waals surface area contributed by atoms with E-state index in [4.69, 9.17) is 114 Å². The van der Waals surface area contributed by atoms with E-state index in [2.05, 4.69) is 37.2 Å². The van der Waals surface area contributed by atoms with Crippen LogP contribution in [0, 0.1) is 5.92 Å². The van der Waals surface area contributed by atoms with Crippen molar-refractivity contribution in [3.05, 3.63) is 0 Å². The van der Waals surface area contributed by atoms with E-state index < -0.39 is 219 Å². The van der Waals surface area contributed by atoms with Crippen LogP contribution in [-0.2, 0) is 190 Å². The molecule has 0 aliphatic carbocycles. The summed E-state index contributed by atoms with van der Waals surface area (Å²) in [6, 6.07) is -4.67. The zero-order valence-corrected chi connectivity index (χ0v) is 75.0. The van der Waals surface area contributed by atoms with Crippen LogP contribution in [0.1, 0.15) is 129 Å². The van der Waals surface area contributed by atoms with Crippen molar-refractivity contribution in [2.45, 2.75) is 233 Å². The van der Waals surface area contributed by atoms with Crippen molar-refractivity contribution in [3.63, 3.8) is 0 Å². The van der Waals surface area contributed by atoms with Crippen LogP contribution in [0.25, 0.3) is 0 Å². The molecule has 8 N–H and O–H groups in total. The zero-order chi connectivity index (χ0) is 94.9. The first-order valence-electron chi connectivity index (χ1n) is 42.0. The topological polar surface area (TPSA) is 599 Å². The summed E-state index contributed by atoms with van der Waals surface area (Å²) in [6.07, 6.45) is -13.0. The Labute approximate surface area is 742 Å². The van der Waals surface area contributed by atoms with Gasteiger partial charge in [-0.2, -0.15) is 0 Å². The van der Waals surface area contributed by atoms with E-state index in [-0.39, 0.29) is 184 Å². The summed E-state index contributed by atoms with van der Waals surface area (Å²) in [5, 5.41) is 29.3. The summed E-state index contributed by atoms with van der Waals surface area (Å²) in [7, 11) is 0. The molecule has 48 heteroatoms. The SMILES string of the molecule is CC(=O)N[C@H]1[C@H](OCCOCCOCCOCC(=O)NCCCC[C@H](NC(=O)[C@H](CCCCNC(=O)COCCOCCOCCO[C@@H]2O[C@H](COC(C)=O)[C@H](OC(C)=O)[C@H](OC(C)=O)[C@H]2NC(C)C)CNC(=O)COCCOCCOCCO[C@@H]2O[C@H](COC(C)=O)[C@H](OC(C)=O)[C@H](OC(C)=O)[C@H]2NC(C)=O)C(=O)O)O[C@H](COC(C)=O)[C@H](OC(C)=O)[C@@H]1OC(C)=O. The molecular weight excluding hydrogens is 1710 g/mol. The zero-order valence-electron chi connectivity index (χ0n) is 75.0. The number of aliphatic carboxylic acids is 1. The normalized spacial score (nSPS) is 22.3. The van der Waals surface area contributed by atoms with E-state index in [9.17, 15) is 81.8 Å². The number of hydrogen-bond acceptors (Lipinski definition) is 41. The van der Waals surface area contributed by atoms with Gasteiger partial charge < -0.3 is 156 Å². The van der Waals surface area contributed by atoms with Crippen molar-refractivity contribution in [1.82, 2.24) is 37.2 Å². The molecule has 3 saturated heterocycles. The molecule has 6 amide bonds. The Morgan fingerprint density at radius 3 is 0.906 bits per heavy atom. The van der Waals surface area contributed by atoms with Crippen molar-refractivity contribution in [2.75, 3.05) is 178 Å². The summed E-state index contributed by atoms with van der Waals surface area (Å²) >= 11 is 0. The maximum Gasteiger partial charge on any atom is 0.326 e. The molecule has 3 aliphatic rings. The first-order chi connectivity index (χ1) is 61.0. The van der Waals surface area contributed by atoms with Crippen molar-refractivity contribution in [2.24, 2.45) is 5.92 Å². The number of carboxylic acids is 1. The Hall–Kier alpha value is -9.12. The molecule has 732 valence electrons. The Balaban J connectivity index is 1.46. The average molecular weight is 1850 g/mol. The summed E-state index contributed by atoms with van der Waals surface area (Å²) in [5.41, 5.74) is 0. The first-order valence-corrected chi connectivity index (χ1v) is 42.0. The second-order valence-corrected chi connectivity index (χ2v) is 29.3. The third-order valence-corrected chi connectivity index (χ3v) is 17.9. The monoisotopic (exact) mass is 1850 g/mol. The van der Waals surface area contributed by atoms with Crippen LogP contribution >= 0.6 is 0 Å². The second-order valence-electron chi connectivity index (χ2n) is 29.3. The largest absolute Gasteiger partial charge is 0.480 e. The van der Waals surface area contributed by atoms with E-state index in [0.717, 1.165) is 41.5 Å². The molecule has 0 saturated carbocycles. The maximum atomic E-state index is 13.9. The Bertz CT molecular complexity index is 3400. The molecule has 0 bridgehead atoms. The highest BCUT2D eigenvalue weighted by Crippen LogP contribution is 2.32. The van der Waals surface area contributed by atoms with E-state index >= 15 is 0 Å². The summed E-state index contributed by atoms with van der Waals surface area (Å²) in [6.45, 7) is 15.1. The van der Waals surface area contributed by atoms with E-state index in [1.54, 1.807) is 0 Å². The molecule has 0 aromatic carbocycles. The molecule has 17 atom stereocenters. The number of carbonyl (C=O) groups is 16. The van der Waals surface area contributed by atoms with Crippen LogP contribution < -0.4 is 37.2 Å². The fourth-order valence-electron chi connectivity index (χ4n) is 12.7. The summed E-state index contributed by atoms with van der Waals surface area (Å²) in [4.78, 5) is 197. The Kier molecular flexibility index (Phi) is 57.8. The van der Waals surface area contributed by atoms with Gasteiger partial charge in [-0.25, -0.2) is 4.79 Å². The molecule has 48 nitrogen and oxygen atoms in total. The van der Waals surface area contributed by atoms with Crippen LogP contribution in [0.4, 0.5) is 0 Å². The number of rotatable bonds is 67. The van der Waals surface area contributed by atoms with Gasteiger partial charge in [-0.15, -0.1) is 0 Å². The van der Waals surface area contributed by atoms with Crippen molar-refractivity contribution < 1.29 is 196 Å². The molecule has 128 heavy (non-hydrogen) atoms. The molecule has 3 fully saturated rings. The van der Waals surface area contributed by atoms with Gasteiger partial charge in [-0.1, -0.05) is 20.3 Å². The molecule has 0 aromatic rings.